The molecule has 1 unspecified atom stereocenters. The van der Waals surface area contributed by atoms with Gasteiger partial charge in [-0.2, -0.15) is 0 Å². The van der Waals surface area contributed by atoms with Crippen molar-refractivity contribution in [2.75, 3.05) is 0 Å². The van der Waals surface area contributed by atoms with Gasteiger partial charge in [-0.05, 0) is 0 Å². The second-order valence-electron chi connectivity index (χ2n) is 1.90. The van der Waals surface area contributed by atoms with Gasteiger partial charge in [0, 0.05) is 12.8 Å². The third kappa shape index (κ3) is 7.04. The summed E-state index contributed by atoms with van der Waals surface area (Å²) >= 11 is 0. The molecule has 0 radical (unpaired) electrons. The summed E-state index contributed by atoms with van der Waals surface area (Å²) < 4.78 is 3.85. The summed E-state index contributed by atoms with van der Waals surface area (Å²) in [6.07, 6.45) is -4.90. The Hall–Kier alpha value is -0.850. The first kappa shape index (κ1) is 10.2. The van der Waals surface area contributed by atoms with E-state index in [1.54, 1.807) is 0 Å². The summed E-state index contributed by atoms with van der Waals surface area (Å²) in [5.74, 6) is 0. The number of aliphatic hydroxyl groups excluding tert-OH is 2. The maximum Gasteiger partial charge on any atom is 0.508 e. The van der Waals surface area contributed by atoms with Crippen molar-refractivity contribution in [2.24, 2.45) is 0 Å². The molecule has 4 N–H and O–H groups in total. The molecule has 6 nitrogen and oxygen atoms in total. The van der Waals surface area contributed by atoms with Gasteiger partial charge in [-0.15, -0.1) is 0 Å². The molecule has 11 heavy (non-hydrogen) atoms. The van der Waals surface area contributed by atoms with E-state index in [1.165, 1.54) is 0 Å². The molecule has 0 saturated carbocycles. The monoisotopic (exact) mass is 166 g/mol. The van der Waals surface area contributed by atoms with Crippen LogP contribution in [0.2, 0.25) is 0 Å². The molecular formula is C5H10O6. The lowest BCUT2D eigenvalue weighted by Gasteiger charge is -2.09. The Morgan fingerprint density at radius 2 is 1.82 bits per heavy atom. The molecule has 1 atom stereocenters. The molecule has 0 aliphatic carbocycles. The van der Waals surface area contributed by atoms with Crippen LogP contribution in [0, 0.1) is 0 Å². The van der Waals surface area contributed by atoms with Crippen molar-refractivity contribution in [3.05, 3.63) is 0 Å². The summed E-state index contributed by atoms with van der Waals surface area (Å²) in [6.45, 7) is 0. The molecule has 0 rings (SSSR count). The van der Waals surface area contributed by atoms with Crippen LogP contribution in [0.1, 0.15) is 12.8 Å². The standard InChI is InChI=1S/C5H10O6/c6-3(7)1-2-4(8)11-5(9)10/h3-4,6-8H,1-2H2,(H,9,10). The molecule has 0 amide bonds. The van der Waals surface area contributed by atoms with Gasteiger partial charge in [0.1, 0.15) is 0 Å². The maximum atomic E-state index is 9.75. The van der Waals surface area contributed by atoms with Gasteiger partial charge < -0.3 is 25.2 Å². The molecular weight excluding hydrogens is 156 g/mol. The van der Waals surface area contributed by atoms with Crippen LogP contribution in [0.3, 0.4) is 0 Å². The Kier molecular flexibility index (Phi) is 4.51. The van der Waals surface area contributed by atoms with Gasteiger partial charge in [-0.1, -0.05) is 0 Å². The zero-order valence-corrected chi connectivity index (χ0v) is 5.67. The largest absolute Gasteiger partial charge is 0.508 e. The molecule has 0 aromatic heterocycles. The van der Waals surface area contributed by atoms with E-state index in [2.05, 4.69) is 4.74 Å². The first-order valence-electron chi connectivity index (χ1n) is 2.96. The first-order chi connectivity index (χ1) is 5.02. The lowest BCUT2D eigenvalue weighted by molar-refractivity contribution is -0.101. The summed E-state index contributed by atoms with van der Waals surface area (Å²) in [7, 11) is 0. The third-order valence-corrected chi connectivity index (χ3v) is 0.909. The Bertz CT molecular complexity index is 122. The van der Waals surface area contributed by atoms with Gasteiger partial charge in [0.2, 0.25) is 6.29 Å². The Morgan fingerprint density at radius 3 is 2.18 bits per heavy atom. The molecule has 0 spiro atoms. The zero-order valence-electron chi connectivity index (χ0n) is 5.67. The molecule has 0 fully saturated rings. The molecule has 0 bridgehead atoms. The van der Waals surface area contributed by atoms with Crippen molar-refractivity contribution in [3.63, 3.8) is 0 Å². The van der Waals surface area contributed by atoms with Crippen LogP contribution in [-0.4, -0.2) is 39.2 Å². The van der Waals surface area contributed by atoms with E-state index >= 15 is 0 Å². The molecule has 0 aliphatic rings. The maximum absolute atomic E-state index is 9.75. The number of hydrogen-bond acceptors (Lipinski definition) is 5. The number of aliphatic hydroxyl groups is 3. The number of carbonyl (C=O) groups is 1. The van der Waals surface area contributed by atoms with Gasteiger partial charge in [0.25, 0.3) is 0 Å². The highest BCUT2D eigenvalue weighted by atomic mass is 16.7. The second-order valence-corrected chi connectivity index (χ2v) is 1.90. The van der Waals surface area contributed by atoms with E-state index < -0.39 is 18.7 Å². The zero-order chi connectivity index (χ0) is 8.85. The van der Waals surface area contributed by atoms with Gasteiger partial charge in [0.05, 0.1) is 0 Å². The quantitative estimate of drug-likeness (QED) is 0.318. The van der Waals surface area contributed by atoms with E-state index in [0.29, 0.717) is 0 Å². The minimum atomic E-state index is -1.59. The van der Waals surface area contributed by atoms with Crippen molar-refractivity contribution in [1.82, 2.24) is 0 Å². The molecule has 0 saturated heterocycles. The average molecular weight is 166 g/mol. The fourth-order valence-corrected chi connectivity index (χ4v) is 0.467. The van der Waals surface area contributed by atoms with Crippen molar-refractivity contribution in [3.8, 4) is 0 Å². The highest BCUT2D eigenvalue weighted by molar-refractivity contribution is 5.56. The predicted octanol–water partition coefficient (Wildman–Crippen LogP) is -0.910. The van der Waals surface area contributed by atoms with Crippen LogP contribution >= 0.6 is 0 Å². The van der Waals surface area contributed by atoms with Crippen molar-refractivity contribution in [1.29, 1.82) is 0 Å². The van der Waals surface area contributed by atoms with Crippen LogP contribution < -0.4 is 0 Å². The molecule has 0 heterocycles. The van der Waals surface area contributed by atoms with Crippen LogP contribution in [0.15, 0.2) is 0 Å². The van der Waals surface area contributed by atoms with E-state index in [9.17, 15) is 4.79 Å². The van der Waals surface area contributed by atoms with Gasteiger partial charge in [0.15, 0.2) is 6.29 Å². The molecule has 0 aromatic rings. The number of carboxylic acid groups (broad SMARTS) is 1. The third-order valence-electron chi connectivity index (χ3n) is 0.909. The van der Waals surface area contributed by atoms with Gasteiger partial charge in [-0.3, -0.25) is 0 Å². The Labute approximate surface area is 62.7 Å². The molecule has 0 aliphatic heterocycles. The van der Waals surface area contributed by atoms with Crippen LogP contribution in [-0.2, 0) is 4.74 Å². The van der Waals surface area contributed by atoms with Gasteiger partial charge in [-0.25, -0.2) is 4.79 Å². The molecule has 0 aromatic carbocycles. The van der Waals surface area contributed by atoms with Gasteiger partial charge >= 0.3 is 6.16 Å². The minimum Gasteiger partial charge on any atom is -0.450 e. The number of rotatable bonds is 4. The number of ether oxygens (including phenoxy) is 1. The van der Waals surface area contributed by atoms with Crippen molar-refractivity contribution >= 4 is 6.16 Å². The fraction of sp³-hybridized carbons (Fsp3) is 0.800. The van der Waals surface area contributed by atoms with E-state index in [1.807, 2.05) is 0 Å². The first-order valence-corrected chi connectivity index (χ1v) is 2.96. The molecule has 66 valence electrons. The fourth-order valence-electron chi connectivity index (χ4n) is 0.467. The van der Waals surface area contributed by atoms with E-state index in [4.69, 9.17) is 20.4 Å². The highest BCUT2D eigenvalue weighted by Crippen LogP contribution is 2.00. The van der Waals surface area contributed by atoms with Crippen LogP contribution in [0.25, 0.3) is 0 Å². The summed E-state index contributed by atoms with van der Waals surface area (Å²) in [5, 5.41) is 33.1. The SMILES string of the molecule is O=C(O)OC(O)CCC(O)O. The minimum absolute atomic E-state index is 0.131. The molecule has 6 heteroatoms. The van der Waals surface area contributed by atoms with E-state index in [-0.39, 0.29) is 12.8 Å². The normalized spacial score (nSPS) is 13.1. The Morgan fingerprint density at radius 1 is 1.27 bits per heavy atom. The van der Waals surface area contributed by atoms with Crippen LogP contribution in [0.5, 0.6) is 0 Å². The Balaban J connectivity index is 3.37. The smallest absolute Gasteiger partial charge is 0.450 e. The summed E-state index contributed by atoms with van der Waals surface area (Å²) in [6, 6.07) is 0. The summed E-state index contributed by atoms with van der Waals surface area (Å²) in [5.41, 5.74) is 0. The topological polar surface area (TPSA) is 107 Å². The lowest BCUT2D eigenvalue weighted by atomic mass is 10.3. The average Bonchev–Trinajstić information content (AvgIpc) is 1.82. The van der Waals surface area contributed by atoms with Crippen molar-refractivity contribution in [2.45, 2.75) is 25.4 Å². The number of hydrogen-bond donors (Lipinski definition) is 4. The van der Waals surface area contributed by atoms with Crippen molar-refractivity contribution < 1.29 is 30.0 Å². The van der Waals surface area contributed by atoms with Crippen LogP contribution in [0.4, 0.5) is 4.79 Å². The summed E-state index contributed by atoms with van der Waals surface area (Å²) in [4.78, 5) is 9.75. The van der Waals surface area contributed by atoms with E-state index in [0.717, 1.165) is 0 Å². The second kappa shape index (κ2) is 4.89. The lowest BCUT2D eigenvalue weighted by Crippen LogP contribution is -2.18. The predicted molar refractivity (Wildman–Crippen MR) is 32.6 cm³/mol. The highest BCUT2D eigenvalue weighted by Gasteiger charge is 2.10.